The van der Waals surface area contributed by atoms with Gasteiger partial charge in [-0.15, -0.1) is 11.6 Å². The Labute approximate surface area is 78.7 Å². The molecular formula is C10H15ClO. The SMILES string of the molecule is CC(Cl)CC(C)(C)c1ccoc1. The lowest BCUT2D eigenvalue weighted by molar-refractivity contribution is 0.466. The van der Waals surface area contributed by atoms with Crippen LogP contribution in [0.25, 0.3) is 0 Å². The maximum Gasteiger partial charge on any atom is 0.0939 e. The number of rotatable bonds is 3. The predicted octanol–water partition coefficient (Wildman–Crippen LogP) is 3.57. The third-order valence-electron chi connectivity index (χ3n) is 2.09. The van der Waals surface area contributed by atoms with Crippen LogP contribution in [-0.2, 0) is 5.41 Å². The lowest BCUT2D eigenvalue weighted by atomic mass is 9.82. The van der Waals surface area contributed by atoms with Gasteiger partial charge in [0.1, 0.15) is 0 Å². The molecule has 0 saturated heterocycles. The normalized spacial score (nSPS) is 14.7. The minimum atomic E-state index is 0.119. The fourth-order valence-corrected chi connectivity index (χ4v) is 1.86. The van der Waals surface area contributed by atoms with Gasteiger partial charge >= 0.3 is 0 Å². The van der Waals surface area contributed by atoms with Gasteiger partial charge in [-0.1, -0.05) is 13.8 Å². The Morgan fingerprint density at radius 3 is 2.67 bits per heavy atom. The number of halogens is 1. The number of hydrogen-bond donors (Lipinski definition) is 0. The van der Waals surface area contributed by atoms with Crippen molar-refractivity contribution in [3.63, 3.8) is 0 Å². The largest absolute Gasteiger partial charge is 0.472 e. The van der Waals surface area contributed by atoms with E-state index in [-0.39, 0.29) is 10.8 Å². The van der Waals surface area contributed by atoms with E-state index in [4.69, 9.17) is 16.0 Å². The van der Waals surface area contributed by atoms with E-state index in [1.54, 1.807) is 12.5 Å². The van der Waals surface area contributed by atoms with Crippen molar-refractivity contribution in [2.24, 2.45) is 0 Å². The molecule has 0 radical (unpaired) electrons. The zero-order valence-corrected chi connectivity index (χ0v) is 8.56. The summed E-state index contributed by atoms with van der Waals surface area (Å²) in [4.78, 5) is 0. The highest BCUT2D eigenvalue weighted by Crippen LogP contribution is 2.29. The van der Waals surface area contributed by atoms with Gasteiger partial charge in [0.05, 0.1) is 12.5 Å². The van der Waals surface area contributed by atoms with Crippen molar-refractivity contribution in [3.05, 3.63) is 24.2 Å². The summed E-state index contributed by atoms with van der Waals surface area (Å²) in [5.74, 6) is 0. The summed E-state index contributed by atoms with van der Waals surface area (Å²) in [6.45, 7) is 6.37. The van der Waals surface area contributed by atoms with E-state index >= 15 is 0 Å². The van der Waals surface area contributed by atoms with Gasteiger partial charge in [0.25, 0.3) is 0 Å². The van der Waals surface area contributed by atoms with Crippen molar-refractivity contribution in [1.82, 2.24) is 0 Å². The molecule has 0 fully saturated rings. The minimum Gasteiger partial charge on any atom is -0.472 e. The molecule has 0 aliphatic heterocycles. The third kappa shape index (κ3) is 2.28. The standard InChI is InChI=1S/C10H15ClO/c1-8(11)6-10(2,3)9-4-5-12-7-9/h4-5,7-8H,6H2,1-3H3. The molecule has 0 bridgehead atoms. The predicted molar refractivity (Wildman–Crippen MR) is 51.7 cm³/mol. The second-order valence-corrected chi connectivity index (χ2v) is 4.63. The molecule has 0 aliphatic rings. The van der Waals surface area contributed by atoms with Crippen LogP contribution in [0.5, 0.6) is 0 Å². The first-order valence-corrected chi connectivity index (χ1v) is 4.63. The first-order chi connectivity index (χ1) is 5.52. The summed E-state index contributed by atoms with van der Waals surface area (Å²) < 4.78 is 5.04. The van der Waals surface area contributed by atoms with E-state index in [9.17, 15) is 0 Å². The quantitative estimate of drug-likeness (QED) is 0.658. The Hall–Kier alpha value is -0.430. The van der Waals surface area contributed by atoms with Crippen molar-refractivity contribution >= 4 is 11.6 Å². The summed E-state index contributed by atoms with van der Waals surface area (Å²) >= 11 is 5.95. The molecule has 1 nitrogen and oxygen atoms in total. The molecule has 12 heavy (non-hydrogen) atoms. The first-order valence-electron chi connectivity index (χ1n) is 4.19. The molecule has 0 saturated carbocycles. The van der Waals surface area contributed by atoms with E-state index in [1.165, 1.54) is 5.56 Å². The summed E-state index contributed by atoms with van der Waals surface area (Å²) in [6.07, 6.45) is 4.46. The van der Waals surface area contributed by atoms with Gasteiger partial charge in [-0.3, -0.25) is 0 Å². The number of hydrogen-bond acceptors (Lipinski definition) is 1. The first kappa shape index (κ1) is 9.66. The molecule has 1 unspecified atom stereocenters. The highest BCUT2D eigenvalue weighted by Gasteiger charge is 2.23. The molecule has 0 amide bonds. The van der Waals surface area contributed by atoms with Crippen molar-refractivity contribution in [2.75, 3.05) is 0 Å². The molecule has 1 atom stereocenters. The molecular weight excluding hydrogens is 172 g/mol. The zero-order chi connectivity index (χ0) is 9.19. The van der Waals surface area contributed by atoms with Crippen molar-refractivity contribution in [3.8, 4) is 0 Å². The van der Waals surface area contributed by atoms with Crippen LogP contribution in [0.1, 0.15) is 32.8 Å². The van der Waals surface area contributed by atoms with E-state index < -0.39 is 0 Å². The van der Waals surface area contributed by atoms with E-state index in [1.807, 2.05) is 13.0 Å². The van der Waals surface area contributed by atoms with Crippen molar-refractivity contribution < 1.29 is 4.42 Å². The second kappa shape index (κ2) is 3.53. The molecule has 1 aromatic rings. The summed E-state index contributed by atoms with van der Waals surface area (Å²) in [7, 11) is 0. The molecule has 0 aliphatic carbocycles. The summed E-state index contributed by atoms with van der Waals surface area (Å²) in [5, 5.41) is 0.204. The molecule has 1 aromatic heterocycles. The van der Waals surface area contributed by atoms with Gasteiger partial charge in [0, 0.05) is 5.38 Å². The third-order valence-corrected chi connectivity index (χ3v) is 2.25. The average molecular weight is 187 g/mol. The fourth-order valence-electron chi connectivity index (χ4n) is 1.47. The van der Waals surface area contributed by atoms with Crippen LogP contribution in [0.4, 0.5) is 0 Å². The van der Waals surface area contributed by atoms with Gasteiger partial charge in [-0.2, -0.15) is 0 Å². The average Bonchev–Trinajstić information content (AvgIpc) is 2.32. The summed E-state index contributed by atoms with van der Waals surface area (Å²) in [5.41, 5.74) is 1.34. The van der Waals surface area contributed by atoms with E-state index in [0.29, 0.717) is 0 Å². The smallest absolute Gasteiger partial charge is 0.0939 e. The highest BCUT2D eigenvalue weighted by atomic mass is 35.5. The minimum absolute atomic E-state index is 0.119. The second-order valence-electron chi connectivity index (χ2n) is 3.88. The fraction of sp³-hybridized carbons (Fsp3) is 0.600. The van der Waals surface area contributed by atoms with Gasteiger partial charge in [0.2, 0.25) is 0 Å². The van der Waals surface area contributed by atoms with Gasteiger partial charge in [-0.05, 0) is 30.4 Å². The monoisotopic (exact) mass is 186 g/mol. The number of furan rings is 1. The Morgan fingerprint density at radius 1 is 1.58 bits per heavy atom. The van der Waals surface area contributed by atoms with E-state index in [2.05, 4.69) is 13.8 Å². The lowest BCUT2D eigenvalue weighted by Gasteiger charge is -2.24. The van der Waals surface area contributed by atoms with Crippen LogP contribution in [0.3, 0.4) is 0 Å². The van der Waals surface area contributed by atoms with Crippen LogP contribution < -0.4 is 0 Å². The highest BCUT2D eigenvalue weighted by molar-refractivity contribution is 6.20. The topological polar surface area (TPSA) is 13.1 Å². The van der Waals surface area contributed by atoms with Crippen molar-refractivity contribution in [2.45, 2.75) is 38.0 Å². The lowest BCUT2D eigenvalue weighted by Crippen LogP contribution is -2.19. The number of alkyl halides is 1. The Kier molecular flexibility index (Phi) is 2.84. The Morgan fingerprint density at radius 2 is 2.25 bits per heavy atom. The molecule has 0 N–H and O–H groups in total. The van der Waals surface area contributed by atoms with Crippen LogP contribution in [0.2, 0.25) is 0 Å². The molecule has 1 heterocycles. The molecule has 0 spiro atoms. The molecule has 68 valence electrons. The summed E-state index contributed by atoms with van der Waals surface area (Å²) in [6, 6.07) is 2.00. The van der Waals surface area contributed by atoms with Crippen LogP contribution in [0.15, 0.2) is 23.0 Å². The Bertz CT molecular complexity index is 224. The molecule has 2 heteroatoms. The molecule has 1 rings (SSSR count). The maximum atomic E-state index is 5.95. The van der Waals surface area contributed by atoms with Gasteiger partial charge < -0.3 is 4.42 Å². The Balaban J connectivity index is 2.72. The van der Waals surface area contributed by atoms with Crippen molar-refractivity contribution in [1.29, 1.82) is 0 Å². The zero-order valence-electron chi connectivity index (χ0n) is 7.80. The van der Waals surface area contributed by atoms with E-state index in [0.717, 1.165) is 6.42 Å². The van der Waals surface area contributed by atoms with Crippen LogP contribution >= 0.6 is 11.6 Å². The maximum absolute atomic E-state index is 5.95. The molecule has 0 aromatic carbocycles. The van der Waals surface area contributed by atoms with Crippen LogP contribution in [-0.4, -0.2) is 5.38 Å². The van der Waals surface area contributed by atoms with Crippen LogP contribution in [0, 0.1) is 0 Å². The van der Waals surface area contributed by atoms with Gasteiger partial charge in [0.15, 0.2) is 0 Å². The van der Waals surface area contributed by atoms with Gasteiger partial charge in [-0.25, -0.2) is 0 Å².